The van der Waals surface area contributed by atoms with Gasteiger partial charge in [0.05, 0.1) is 17.6 Å². The van der Waals surface area contributed by atoms with Crippen molar-refractivity contribution in [2.75, 3.05) is 0 Å². The summed E-state index contributed by atoms with van der Waals surface area (Å²) in [4.78, 5) is 36.9. The maximum atomic E-state index is 12.6. The highest BCUT2D eigenvalue weighted by Gasteiger charge is 2.69. The van der Waals surface area contributed by atoms with Crippen LogP contribution >= 0.6 is 0 Å². The average molecular weight is 469 g/mol. The highest BCUT2D eigenvalue weighted by atomic mass is 16.6. The topological polar surface area (TPSA) is 140 Å². The molecule has 3 aliphatic rings. The summed E-state index contributed by atoms with van der Waals surface area (Å²) in [7, 11) is 0. The van der Waals surface area contributed by atoms with E-state index in [0.29, 0.717) is 12.8 Å². The van der Waals surface area contributed by atoms with Crippen molar-refractivity contribution in [3.05, 3.63) is 11.6 Å². The molecule has 0 bridgehead atoms. The summed E-state index contributed by atoms with van der Waals surface area (Å²) in [5.74, 6) is -4.10. The van der Waals surface area contributed by atoms with Crippen molar-refractivity contribution in [3.8, 4) is 0 Å². The number of fused-ring (bicyclic) bond motifs is 2. The van der Waals surface area contributed by atoms with Gasteiger partial charge in [0.15, 0.2) is 11.7 Å². The lowest BCUT2D eigenvalue weighted by Crippen LogP contribution is -2.70. The van der Waals surface area contributed by atoms with E-state index in [1.807, 2.05) is 0 Å². The summed E-state index contributed by atoms with van der Waals surface area (Å²) in [6.07, 6.45) is -1.69. The molecule has 1 saturated heterocycles. The second-order valence-corrected chi connectivity index (χ2v) is 10.4. The molecule has 0 spiro atoms. The molecule has 0 unspecified atom stereocenters. The lowest BCUT2D eigenvalue weighted by atomic mass is 9.52. The molecule has 3 rings (SSSR count). The molecule has 0 aromatic rings. The zero-order chi connectivity index (χ0) is 24.9. The molecule has 9 atom stereocenters. The van der Waals surface area contributed by atoms with Crippen molar-refractivity contribution in [1.82, 2.24) is 0 Å². The molecule has 1 aliphatic heterocycles. The first-order valence-corrected chi connectivity index (χ1v) is 11.5. The van der Waals surface area contributed by atoms with Gasteiger partial charge in [0.25, 0.3) is 0 Å². The number of esters is 3. The number of carbonyl (C=O) groups is 3. The molecular formula is C24H36O9. The molecule has 1 heterocycles. The Labute approximate surface area is 194 Å². The van der Waals surface area contributed by atoms with Crippen LogP contribution in [0.5, 0.6) is 0 Å². The second-order valence-electron chi connectivity index (χ2n) is 10.4. The molecule has 0 amide bonds. The first-order chi connectivity index (χ1) is 15.2. The zero-order valence-electron chi connectivity index (χ0n) is 20.2. The summed E-state index contributed by atoms with van der Waals surface area (Å²) in [5, 5.41) is 35.0. The number of ether oxygens (including phenoxy) is 3. The maximum absolute atomic E-state index is 12.6. The zero-order valence-corrected chi connectivity index (χ0v) is 20.2. The van der Waals surface area contributed by atoms with Crippen LogP contribution in [0.25, 0.3) is 0 Å². The molecule has 9 nitrogen and oxygen atoms in total. The minimum Gasteiger partial charge on any atom is -0.462 e. The quantitative estimate of drug-likeness (QED) is 0.312. The van der Waals surface area contributed by atoms with Crippen molar-refractivity contribution in [1.29, 1.82) is 0 Å². The van der Waals surface area contributed by atoms with Gasteiger partial charge in [0.1, 0.15) is 12.2 Å². The van der Waals surface area contributed by atoms with Crippen LogP contribution in [0.2, 0.25) is 0 Å². The van der Waals surface area contributed by atoms with E-state index in [9.17, 15) is 29.7 Å². The van der Waals surface area contributed by atoms with E-state index in [0.717, 1.165) is 5.57 Å². The Hall–Kier alpha value is -1.97. The van der Waals surface area contributed by atoms with E-state index in [2.05, 4.69) is 0 Å². The van der Waals surface area contributed by atoms with Crippen molar-refractivity contribution in [2.45, 2.75) is 103 Å². The molecule has 0 aromatic carbocycles. The minimum atomic E-state index is -2.02. The van der Waals surface area contributed by atoms with E-state index in [1.165, 1.54) is 20.8 Å². The van der Waals surface area contributed by atoms with Crippen molar-refractivity contribution >= 4 is 17.9 Å². The average Bonchev–Trinajstić information content (AvgIpc) is 2.90. The Morgan fingerprint density at radius 1 is 1.12 bits per heavy atom. The largest absolute Gasteiger partial charge is 0.462 e. The fourth-order valence-electron chi connectivity index (χ4n) is 6.18. The minimum absolute atomic E-state index is 0.151. The summed E-state index contributed by atoms with van der Waals surface area (Å²) >= 11 is 0. The van der Waals surface area contributed by atoms with E-state index >= 15 is 0 Å². The maximum Gasteiger partial charge on any atom is 0.312 e. The number of allylic oxidation sites excluding steroid dienone is 1. The van der Waals surface area contributed by atoms with Crippen LogP contribution in [0.15, 0.2) is 11.6 Å². The van der Waals surface area contributed by atoms with Crippen LogP contribution in [-0.4, -0.2) is 68.8 Å². The van der Waals surface area contributed by atoms with E-state index in [4.69, 9.17) is 14.2 Å². The van der Waals surface area contributed by atoms with Gasteiger partial charge >= 0.3 is 17.9 Å². The van der Waals surface area contributed by atoms with E-state index in [-0.39, 0.29) is 12.8 Å². The molecule has 0 radical (unpaired) electrons. The van der Waals surface area contributed by atoms with Crippen LogP contribution in [0, 0.1) is 17.3 Å². The molecule has 2 fully saturated rings. The van der Waals surface area contributed by atoms with Crippen molar-refractivity contribution in [3.63, 3.8) is 0 Å². The molecule has 3 N–H and O–H groups in total. The normalized spacial score (nSPS) is 47.3. The lowest BCUT2D eigenvalue weighted by Gasteiger charge is -2.59. The molecule has 33 heavy (non-hydrogen) atoms. The van der Waals surface area contributed by atoms with Gasteiger partial charge in [0, 0.05) is 25.2 Å². The lowest BCUT2D eigenvalue weighted by molar-refractivity contribution is -0.264. The summed E-state index contributed by atoms with van der Waals surface area (Å²) in [5.41, 5.74) is -4.08. The number of hydrogen-bond donors (Lipinski definition) is 3. The number of hydrogen-bond acceptors (Lipinski definition) is 9. The Balaban J connectivity index is 2.33. The van der Waals surface area contributed by atoms with E-state index < -0.39 is 70.8 Å². The van der Waals surface area contributed by atoms with E-state index in [1.54, 1.807) is 26.8 Å². The fraction of sp³-hybridized carbons (Fsp3) is 0.792. The van der Waals surface area contributed by atoms with Gasteiger partial charge in [-0.15, -0.1) is 0 Å². The number of aliphatic hydroxyl groups is 3. The number of carbonyl (C=O) groups excluding carboxylic acids is 3. The number of aliphatic hydroxyl groups excluding tert-OH is 1. The van der Waals surface area contributed by atoms with Crippen LogP contribution in [0.4, 0.5) is 0 Å². The van der Waals surface area contributed by atoms with Gasteiger partial charge in [-0.25, -0.2) is 0 Å². The van der Waals surface area contributed by atoms with Gasteiger partial charge in [-0.3, -0.25) is 14.4 Å². The summed E-state index contributed by atoms with van der Waals surface area (Å²) < 4.78 is 16.9. The third-order valence-electron chi connectivity index (χ3n) is 8.02. The second kappa shape index (κ2) is 8.67. The number of rotatable bonds is 2. The molecule has 0 aromatic heterocycles. The van der Waals surface area contributed by atoms with Crippen LogP contribution in [0.3, 0.4) is 0 Å². The van der Waals surface area contributed by atoms with Gasteiger partial charge < -0.3 is 29.5 Å². The predicted molar refractivity (Wildman–Crippen MR) is 116 cm³/mol. The van der Waals surface area contributed by atoms with Gasteiger partial charge in [-0.1, -0.05) is 12.5 Å². The molecule has 1 saturated carbocycles. The smallest absolute Gasteiger partial charge is 0.312 e. The monoisotopic (exact) mass is 468 g/mol. The SMILES string of the molecule is CC(=O)O[C@H]1CC/C(C)=C\[C@@H]2OC(=O)[C@H](C)[C@]2(O)[C@@H](OC(C)=O)[C@@H]2[C@]1(C)[C@@H](O)CC[C@]2(C)O. The first-order valence-electron chi connectivity index (χ1n) is 11.5. The standard InChI is InChI=1S/C24H36O9/c1-12-7-8-17(31-14(3)25)23(6)16(27)9-10-22(5,29)19(23)20(32-15(4)26)24(30)13(2)21(28)33-18(24)11-12/h11,13,16-20,27,29-30H,7-10H2,1-6H3/b12-11-/t13-,16-,17-,18-,19-,20-,22-,23+,24+/m0/s1. The molecule has 186 valence electrons. The predicted octanol–water partition coefficient (Wildman–Crippen LogP) is 1.41. The molecule has 9 heteroatoms. The third kappa shape index (κ3) is 4.19. The van der Waals surface area contributed by atoms with Crippen LogP contribution in [-0.2, 0) is 28.6 Å². The van der Waals surface area contributed by atoms with Crippen molar-refractivity contribution < 1.29 is 43.9 Å². The van der Waals surface area contributed by atoms with Crippen LogP contribution in [0.1, 0.15) is 67.2 Å². The van der Waals surface area contributed by atoms with Gasteiger partial charge in [0.2, 0.25) is 0 Å². The summed E-state index contributed by atoms with van der Waals surface area (Å²) in [6, 6.07) is 0. The van der Waals surface area contributed by atoms with Gasteiger partial charge in [-0.2, -0.15) is 0 Å². The Kier molecular flexibility index (Phi) is 6.74. The first kappa shape index (κ1) is 25.6. The van der Waals surface area contributed by atoms with Gasteiger partial charge in [-0.05, 0) is 52.5 Å². The van der Waals surface area contributed by atoms with Crippen LogP contribution < -0.4 is 0 Å². The third-order valence-corrected chi connectivity index (χ3v) is 8.02. The molecular weight excluding hydrogens is 432 g/mol. The molecule has 2 aliphatic carbocycles. The summed E-state index contributed by atoms with van der Waals surface area (Å²) in [6.45, 7) is 8.97. The van der Waals surface area contributed by atoms with Crippen molar-refractivity contribution in [2.24, 2.45) is 17.3 Å². The highest BCUT2D eigenvalue weighted by Crippen LogP contribution is 2.57. The highest BCUT2D eigenvalue weighted by molar-refractivity contribution is 5.77. The Morgan fingerprint density at radius 3 is 2.30 bits per heavy atom. The Bertz CT molecular complexity index is 849. The fourth-order valence-corrected chi connectivity index (χ4v) is 6.18. The Morgan fingerprint density at radius 2 is 1.73 bits per heavy atom.